The zero-order valence-electron chi connectivity index (χ0n) is 11.0. The molecule has 1 atom stereocenters. The van der Waals surface area contributed by atoms with Gasteiger partial charge in [0.1, 0.15) is 0 Å². The maximum atomic E-state index is 11.8. The summed E-state index contributed by atoms with van der Waals surface area (Å²) in [5.74, 6) is 0.201. The Morgan fingerprint density at radius 2 is 1.94 bits per heavy atom. The number of hydrogen-bond donors (Lipinski definition) is 1. The fourth-order valence-electron chi connectivity index (χ4n) is 1.74. The molecule has 1 unspecified atom stereocenters. The van der Waals surface area contributed by atoms with Crippen LogP contribution in [0.1, 0.15) is 26.7 Å². The number of benzene rings is 1. The Hall–Kier alpha value is -1.29. The highest BCUT2D eigenvalue weighted by Gasteiger charge is 2.12. The highest BCUT2D eigenvalue weighted by atomic mass is 32.2. The van der Waals surface area contributed by atoms with Crippen molar-refractivity contribution in [3.8, 4) is 0 Å². The van der Waals surface area contributed by atoms with E-state index in [4.69, 9.17) is 0 Å². The minimum atomic E-state index is -3.11. The lowest BCUT2D eigenvalue weighted by molar-refractivity contribution is 0.595. The van der Waals surface area contributed by atoms with E-state index in [2.05, 4.69) is 18.8 Å². The van der Waals surface area contributed by atoms with Crippen molar-refractivity contribution in [3.05, 3.63) is 36.9 Å². The van der Waals surface area contributed by atoms with Gasteiger partial charge in [0.2, 0.25) is 0 Å². The van der Waals surface area contributed by atoms with E-state index >= 15 is 0 Å². The maximum absolute atomic E-state index is 11.8. The zero-order valence-corrected chi connectivity index (χ0v) is 11.8. The summed E-state index contributed by atoms with van der Waals surface area (Å²) in [4.78, 5) is 0.395. The molecule has 0 aliphatic rings. The summed E-state index contributed by atoms with van der Waals surface area (Å²) in [5.41, 5.74) is 0.930. The van der Waals surface area contributed by atoms with E-state index < -0.39 is 9.84 Å². The Kier molecular flexibility index (Phi) is 5.41. The van der Waals surface area contributed by atoms with Gasteiger partial charge in [-0.25, -0.2) is 8.42 Å². The Bertz CT molecular complexity index is 477. The monoisotopic (exact) mass is 267 g/mol. The number of nitrogens with one attached hydrogen (secondary N) is 1. The molecule has 0 spiro atoms. The fraction of sp³-hybridized carbons (Fsp3) is 0.429. The van der Waals surface area contributed by atoms with E-state index in [0.717, 1.165) is 12.1 Å². The predicted molar refractivity (Wildman–Crippen MR) is 76.7 cm³/mol. The van der Waals surface area contributed by atoms with Crippen LogP contribution in [-0.2, 0) is 9.84 Å². The molecule has 1 aromatic carbocycles. The van der Waals surface area contributed by atoms with Gasteiger partial charge in [-0.3, -0.25) is 0 Å². The molecule has 1 N–H and O–H groups in total. The van der Waals surface area contributed by atoms with Crippen molar-refractivity contribution < 1.29 is 8.42 Å². The third kappa shape index (κ3) is 4.18. The van der Waals surface area contributed by atoms with Crippen molar-refractivity contribution >= 4 is 15.5 Å². The van der Waals surface area contributed by atoms with Gasteiger partial charge in [0.15, 0.2) is 9.84 Å². The number of sulfone groups is 1. The van der Waals surface area contributed by atoms with Crippen LogP contribution in [0.2, 0.25) is 0 Å². The van der Waals surface area contributed by atoms with Gasteiger partial charge < -0.3 is 5.32 Å². The van der Waals surface area contributed by atoms with E-state index in [9.17, 15) is 8.42 Å². The fourth-order valence-corrected chi connectivity index (χ4v) is 3.06. The second kappa shape index (κ2) is 6.59. The van der Waals surface area contributed by atoms with E-state index in [1.54, 1.807) is 12.1 Å². The molecule has 0 saturated heterocycles. The second-order valence-electron chi connectivity index (χ2n) is 4.41. The van der Waals surface area contributed by atoms with Gasteiger partial charge in [-0.15, -0.1) is 6.58 Å². The molecular formula is C14H21NO2S. The Morgan fingerprint density at radius 3 is 2.44 bits per heavy atom. The van der Waals surface area contributed by atoms with E-state index in [1.165, 1.54) is 0 Å². The largest absolute Gasteiger partial charge is 0.382 e. The normalized spacial score (nSPS) is 13.0. The van der Waals surface area contributed by atoms with Crippen molar-refractivity contribution in [2.45, 2.75) is 37.6 Å². The van der Waals surface area contributed by atoms with Crippen molar-refractivity contribution in [1.29, 1.82) is 0 Å². The molecule has 3 nitrogen and oxygen atoms in total. The molecule has 0 fully saturated rings. The second-order valence-corrected chi connectivity index (χ2v) is 6.52. The summed E-state index contributed by atoms with van der Waals surface area (Å²) in [6, 6.07) is 7.23. The molecule has 100 valence electrons. The van der Waals surface area contributed by atoms with E-state index in [-0.39, 0.29) is 5.75 Å². The van der Waals surface area contributed by atoms with Crippen molar-refractivity contribution in [1.82, 2.24) is 0 Å². The van der Waals surface area contributed by atoms with Crippen LogP contribution >= 0.6 is 0 Å². The van der Waals surface area contributed by atoms with Gasteiger partial charge >= 0.3 is 0 Å². The quantitative estimate of drug-likeness (QED) is 0.771. The van der Waals surface area contributed by atoms with Gasteiger partial charge in [0.25, 0.3) is 0 Å². The van der Waals surface area contributed by atoms with Gasteiger partial charge in [0, 0.05) is 11.7 Å². The number of rotatable bonds is 7. The molecule has 18 heavy (non-hydrogen) atoms. The Morgan fingerprint density at radius 1 is 1.33 bits per heavy atom. The maximum Gasteiger partial charge on any atom is 0.178 e. The van der Waals surface area contributed by atoms with Crippen LogP contribution in [-0.4, -0.2) is 20.2 Å². The van der Waals surface area contributed by atoms with Crippen LogP contribution in [0, 0.1) is 0 Å². The third-order valence-corrected chi connectivity index (χ3v) is 4.56. The highest BCUT2D eigenvalue weighted by Crippen LogP contribution is 2.17. The first-order valence-corrected chi connectivity index (χ1v) is 7.85. The average molecular weight is 267 g/mol. The molecular weight excluding hydrogens is 246 g/mol. The van der Waals surface area contributed by atoms with Gasteiger partial charge in [0.05, 0.1) is 10.6 Å². The Labute approximate surface area is 110 Å². The van der Waals surface area contributed by atoms with Gasteiger partial charge in [-0.2, -0.15) is 0 Å². The number of anilines is 1. The number of hydrogen-bond acceptors (Lipinski definition) is 3. The molecule has 0 aliphatic carbocycles. The minimum absolute atomic E-state index is 0.201. The smallest absolute Gasteiger partial charge is 0.178 e. The summed E-state index contributed by atoms with van der Waals surface area (Å²) in [7, 11) is -3.11. The summed E-state index contributed by atoms with van der Waals surface area (Å²) >= 11 is 0. The molecule has 0 saturated carbocycles. The van der Waals surface area contributed by atoms with Crippen molar-refractivity contribution in [3.63, 3.8) is 0 Å². The van der Waals surface area contributed by atoms with Crippen LogP contribution in [0.5, 0.6) is 0 Å². The predicted octanol–water partition coefficient (Wildman–Crippen LogP) is 3.25. The molecule has 4 heteroatoms. The molecule has 0 amide bonds. The first-order valence-electron chi connectivity index (χ1n) is 6.20. The van der Waals surface area contributed by atoms with Crippen LogP contribution < -0.4 is 5.32 Å². The van der Waals surface area contributed by atoms with Gasteiger partial charge in [-0.05, 0) is 44.0 Å². The molecule has 1 rings (SSSR count). The third-order valence-electron chi connectivity index (χ3n) is 2.62. The molecule has 0 aliphatic heterocycles. The molecule has 0 bridgehead atoms. The summed E-state index contributed by atoms with van der Waals surface area (Å²) in [5, 5.41) is 3.29. The highest BCUT2D eigenvalue weighted by molar-refractivity contribution is 7.91. The zero-order chi connectivity index (χ0) is 13.6. The van der Waals surface area contributed by atoms with Crippen LogP contribution in [0.3, 0.4) is 0 Å². The van der Waals surface area contributed by atoms with E-state index in [0.29, 0.717) is 17.4 Å². The topological polar surface area (TPSA) is 46.2 Å². The Balaban J connectivity index is 2.77. The molecule has 1 aromatic rings. The van der Waals surface area contributed by atoms with Gasteiger partial charge in [-0.1, -0.05) is 13.0 Å². The first kappa shape index (κ1) is 14.8. The lowest BCUT2D eigenvalue weighted by atomic mass is 10.2. The van der Waals surface area contributed by atoms with Crippen LogP contribution in [0.25, 0.3) is 0 Å². The standard InChI is InChI=1S/C14H21NO2S/c1-4-6-12(3)15-13-7-9-14(10-8-13)18(16,17)11-5-2/h4,7-10,12,15H,1,5-6,11H2,2-3H3. The average Bonchev–Trinajstić information content (AvgIpc) is 2.30. The minimum Gasteiger partial charge on any atom is -0.382 e. The molecule has 0 radical (unpaired) electrons. The summed E-state index contributed by atoms with van der Waals surface area (Å²) < 4.78 is 23.7. The molecule has 0 aromatic heterocycles. The summed E-state index contributed by atoms with van der Waals surface area (Å²) in [6.45, 7) is 7.61. The first-order chi connectivity index (χ1) is 8.49. The SMILES string of the molecule is C=CCC(C)Nc1ccc(S(=O)(=O)CCC)cc1. The van der Waals surface area contributed by atoms with Crippen LogP contribution in [0.4, 0.5) is 5.69 Å². The van der Waals surface area contributed by atoms with Crippen molar-refractivity contribution in [2.75, 3.05) is 11.1 Å². The lowest BCUT2D eigenvalue weighted by Crippen LogP contribution is -2.14. The molecule has 0 heterocycles. The van der Waals surface area contributed by atoms with E-state index in [1.807, 2.05) is 25.1 Å². The van der Waals surface area contributed by atoms with Crippen molar-refractivity contribution in [2.24, 2.45) is 0 Å². The van der Waals surface area contributed by atoms with Crippen LogP contribution in [0.15, 0.2) is 41.8 Å². The lowest BCUT2D eigenvalue weighted by Gasteiger charge is -2.13. The summed E-state index contributed by atoms with van der Waals surface area (Å²) in [6.07, 6.45) is 3.37.